The van der Waals surface area contributed by atoms with E-state index in [9.17, 15) is 9.90 Å². The van der Waals surface area contributed by atoms with Crippen molar-refractivity contribution in [3.05, 3.63) is 148 Å². The summed E-state index contributed by atoms with van der Waals surface area (Å²) in [5.74, 6) is 1.13. The van der Waals surface area contributed by atoms with Crippen molar-refractivity contribution in [3.8, 4) is 40.1 Å². The summed E-state index contributed by atoms with van der Waals surface area (Å²) in [4.78, 5) is 13.7. The third-order valence-corrected chi connectivity index (χ3v) is 7.20. The zero-order valence-electron chi connectivity index (χ0n) is 31.6. The Labute approximate surface area is 308 Å². The van der Waals surface area contributed by atoms with Crippen molar-refractivity contribution in [2.75, 3.05) is 0 Å². The molecule has 0 aliphatic carbocycles. The van der Waals surface area contributed by atoms with Crippen LogP contribution in [0.3, 0.4) is 0 Å². The number of fused-ring (bicyclic) bond motifs is 1. The van der Waals surface area contributed by atoms with Crippen molar-refractivity contribution >= 4 is 11.0 Å². The molecular formula is C45H52O7. The van der Waals surface area contributed by atoms with Crippen LogP contribution in [0.1, 0.15) is 72.1 Å². The van der Waals surface area contributed by atoms with Gasteiger partial charge in [0.15, 0.2) is 17.3 Å². The van der Waals surface area contributed by atoms with Gasteiger partial charge in [0.2, 0.25) is 11.2 Å². The van der Waals surface area contributed by atoms with Gasteiger partial charge in [0, 0.05) is 17.7 Å². The maximum Gasteiger partial charge on any atom is 0.238 e. The maximum atomic E-state index is 13.7. The van der Waals surface area contributed by atoms with Crippen LogP contribution < -0.4 is 24.4 Å². The van der Waals surface area contributed by atoms with E-state index in [1.165, 1.54) is 0 Å². The normalized spacial score (nSPS) is 10.1. The Morgan fingerprint density at radius 3 is 1.56 bits per heavy atom. The molecule has 1 heterocycles. The molecule has 6 aromatic rings. The molecule has 1 N–H and O–H groups in total. The molecule has 6 rings (SSSR count). The van der Waals surface area contributed by atoms with Crippen LogP contribution in [-0.2, 0) is 19.8 Å². The highest BCUT2D eigenvalue weighted by Gasteiger charge is 2.22. The number of aromatic hydroxyl groups is 1. The van der Waals surface area contributed by atoms with Crippen molar-refractivity contribution in [2.24, 2.45) is 0 Å². The van der Waals surface area contributed by atoms with Crippen molar-refractivity contribution in [2.45, 2.75) is 81.3 Å². The second-order valence-electron chi connectivity index (χ2n) is 11.1. The fourth-order valence-electron chi connectivity index (χ4n) is 4.97. The van der Waals surface area contributed by atoms with Crippen LogP contribution in [-0.4, -0.2) is 11.2 Å². The minimum absolute atomic E-state index is 0.00706. The van der Waals surface area contributed by atoms with Gasteiger partial charge in [-0.15, -0.1) is 0 Å². The van der Waals surface area contributed by atoms with Gasteiger partial charge >= 0.3 is 0 Å². The number of hydrogen-bond acceptors (Lipinski definition) is 7. The van der Waals surface area contributed by atoms with Crippen LogP contribution in [0.15, 0.2) is 131 Å². The quantitative estimate of drug-likeness (QED) is 0.136. The monoisotopic (exact) mass is 704 g/mol. The number of benzene rings is 5. The zero-order chi connectivity index (χ0) is 37.9. The minimum Gasteiger partial charge on any atom is -0.502 e. The first kappa shape index (κ1) is 40.7. The summed E-state index contributed by atoms with van der Waals surface area (Å²) < 4.78 is 30.7. The van der Waals surface area contributed by atoms with E-state index in [0.717, 1.165) is 16.7 Å². The van der Waals surface area contributed by atoms with E-state index in [2.05, 4.69) is 0 Å². The van der Waals surface area contributed by atoms with Gasteiger partial charge in [-0.1, -0.05) is 133 Å². The Bertz CT molecular complexity index is 1970. The van der Waals surface area contributed by atoms with Crippen molar-refractivity contribution in [1.82, 2.24) is 0 Å². The number of rotatable bonds is 12. The lowest BCUT2D eigenvalue weighted by molar-refractivity contribution is 0.242. The predicted molar refractivity (Wildman–Crippen MR) is 212 cm³/mol. The fourth-order valence-corrected chi connectivity index (χ4v) is 4.97. The Morgan fingerprint density at radius 2 is 1.06 bits per heavy atom. The first-order valence-electron chi connectivity index (χ1n) is 18.1. The first-order chi connectivity index (χ1) is 25.4. The molecule has 0 aliphatic rings. The summed E-state index contributed by atoms with van der Waals surface area (Å²) in [7, 11) is 0. The van der Waals surface area contributed by atoms with E-state index < -0.39 is 11.2 Å². The van der Waals surface area contributed by atoms with Crippen LogP contribution in [0.4, 0.5) is 0 Å². The topological polar surface area (TPSA) is 87.4 Å². The molecule has 0 radical (unpaired) electrons. The van der Waals surface area contributed by atoms with Crippen molar-refractivity contribution in [3.63, 3.8) is 0 Å². The first-order valence-corrected chi connectivity index (χ1v) is 18.1. The average molecular weight is 705 g/mol. The molecule has 0 amide bonds. The highest BCUT2D eigenvalue weighted by atomic mass is 16.5. The molecule has 0 saturated heterocycles. The van der Waals surface area contributed by atoms with Crippen molar-refractivity contribution in [1.29, 1.82) is 0 Å². The lowest BCUT2D eigenvalue weighted by atomic mass is 10.1. The third kappa shape index (κ3) is 11.2. The van der Waals surface area contributed by atoms with Gasteiger partial charge < -0.3 is 28.5 Å². The molecule has 7 heteroatoms. The van der Waals surface area contributed by atoms with Crippen molar-refractivity contribution < 1.29 is 28.5 Å². The summed E-state index contributed by atoms with van der Waals surface area (Å²) in [6, 6.07) is 37.8. The van der Waals surface area contributed by atoms with E-state index >= 15 is 0 Å². The molecule has 1 aromatic heterocycles. The second kappa shape index (κ2) is 21.5. The smallest absolute Gasteiger partial charge is 0.238 e. The van der Waals surface area contributed by atoms with Crippen LogP contribution in [0, 0.1) is 0 Å². The van der Waals surface area contributed by atoms with Crippen LogP contribution >= 0.6 is 0 Å². The van der Waals surface area contributed by atoms with E-state index in [-0.39, 0.29) is 35.2 Å². The largest absolute Gasteiger partial charge is 0.502 e. The lowest BCUT2D eigenvalue weighted by Crippen LogP contribution is -2.11. The summed E-state index contributed by atoms with van der Waals surface area (Å²) >= 11 is 0. The molecule has 274 valence electrons. The van der Waals surface area contributed by atoms with Gasteiger partial charge in [0.05, 0.1) is 6.10 Å². The van der Waals surface area contributed by atoms with Gasteiger partial charge in [-0.3, -0.25) is 4.79 Å². The molecule has 52 heavy (non-hydrogen) atoms. The zero-order valence-corrected chi connectivity index (χ0v) is 31.6. The number of ether oxygens (including phenoxy) is 4. The highest BCUT2D eigenvalue weighted by molar-refractivity contribution is 5.88. The molecule has 0 atom stereocenters. The van der Waals surface area contributed by atoms with E-state index in [4.69, 9.17) is 23.4 Å². The predicted octanol–water partition coefficient (Wildman–Crippen LogP) is 11.8. The van der Waals surface area contributed by atoms with Gasteiger partial charge in [-0.05, 0) is 48.7 Å². The van der Waals surface area contributed by atoms with Crippen LogP contribution in [0.2, 0.25) is 0 Å². The second-order valence-corrected chi connectivity index (χ2v) is 11.1. The molecule has 0 spiro atoms. The van der Waals surface area contributed by atoms with E-state index in [1.807, 2.05) is 146 Å². The minimum atomic E-state index is -0.613. The molecule has 0 aliphatic heterocycles. The van der Waals surface area contributed by atoms with Gasteiger partial charge in [0.25, 0.3) is 0 Å². The molecular weight excluding hydrogens is 652 g/mol. The Kier molecular flexibility index (Phi) is 16.9. The van der Waals surface area contributed by atoms with Gasteiger partial charge in [-0.2, -0.15) is 0 Å². The average Bonchev–Trinajstić information content (AvgIpc) is 3.20. The third-order valence-electron chi connectivity index (χ3n) is 7.20. The highest BCUT2D eigenvalue weighted by Crippen LogP contribution is 2.40. The Hall–Kier alpha value is -5.69. The Balaban J connectivity index is 0.00000116. The summed E-state index contributed by atoms with van der Waals surface area (Å²) in [5, 5.41) is 11.3. The molecule has 0 fully saturated rings. The summed E-state index contributed by atoms with van der Waals surface area (Å²) in [6.45, 7) is 16.7. The number of hydrogen-bond donors (Lipinski definition) is 1. The maximum absolute atomic E-state index is 13.7. The Morgan fingerprint density at radius 1 is 0.577 bits per heavy atom. The summed E-state index contributed by atoms with van der Waals surface area (Å²) in [6.07, 6.45) is -0.235. The van der Waals surface area contributed by atoms with Crippen LogP contribution in [0.25, 0.3) is 22.3 Å². The van der Waals surface area contributed by atoms with Gasteiger partial charge in [-0.25, -0.2) is 0 Å². The fraction of sp³-hybridized carbons (Fsp3) is 0.267. The molecule has 0 saturated carbocycles. The lowest BCUT2D eigenvalue weighted by Gasteiger charge is -2.16. The molecule has 0 unspecified atom stereocenters. The molecule has 7 nitrogen and oxygen atoms in total. The van der Waals surface area contributed by atoms with Gasteiger partial charge in [0.1, 0.15) is 42.3 Å². The summed E-state index contributed by atoms with van der Waals surface area (Å²) in [5.41, 5.74) is 3.01. The van der Waals surface area contributed by atoms with Crippen LogP contribution in [0.5, 0.6) is 28.7 Å². The molecule has 5 aromatic carbocycles. The molecule has 0 bridgehead atoms. The van der Waals surface area contributed by atoms with E-state index in [1.54, 1.807) is 30.3 Å². The standard InChI is InChI=1S/C39H34O7.3C2H6/c1-26(2)45-34-21-31(42-23-27-12-6-3-7-13-27)22-35-36(34)37(40)38(41)39(46-35)30-18-19-32(43-24-28-14-8-4-9-15-28)33(20-30)44-25-29-16-10-5-11-17-29;3*1-2/h3-22,26,41H,23-25H2,1-2H3;3*1-2H3. The van der Waals surface area contributed by atoms with E-state index in [0.29, 0.717) is 36.0 Å². The SMILES string of the molecule is CC.CC.CC.CC(C)Oc1cc(OCc2ccccc2)cc2oc(-c3ccc(OCc4ccccc4)c(OCc4ccccc4)c3)c(O)c(=O)c12.